The number of pyridine rings is 1. The third-order valence-electron chi connectivity index (χ3n) is 4.56. The van der Waals surface area contributed by atoms with Crippen molar-refractivity contribution in [3.63, 3.8) is 0 Å². The van der Waals surface area contributed by atoms with Gasteiger partial charge < -0.3 is 15.0 Å². The average Bonchev–Trinajstić information content (AvgIpc) is 3.56. The smallest absolute Gasteiger partial charge is 0.0659 e. The molecule has 4 aromatic rings. The number of nitrogens with one attached hydrogen (secondary N) is 2. The molecule has 0 radical (unpaired) electrons. The number of hydrogen-bond acceptors (Lipinski definition) is 3. The van der Waals surface area contributed by atoms with Crippen LogP contribution < -0.4 is 0 Å². The molecule has 0 fully saturated rings. The van der Waals surface area contributed by atoms with Gasteiger partial charge in [0, 0.05) is 41.5 Å². The molecular weight excluding hydrogens is 436 g/mol. The summed E-state index contributed by atoms with van der Waals surface area (Å²) in [6, 6.07) is 22.8. The largest absolute Gasteiger partial charge is 0.391 e. The molecule has 2 aliphatic rings. The SMILES string of the molecule is C1=Cc2cc3ccc(cc4ccc(cc5nc(cc1n2)C=C5)[nH]4)[nH]3.[Zn].[c-]1ccncc1. The molecule has 4 aromatic heterocycles. The van der Waals surface area contributed by atoms with Crippen LogP contribution in [0.15, 0.2) is 73.1 Å². The monoisotopic (exact) mass is 452 g/mol. The normalized spacial score (nSPS) is 11.4. The van der Waals surface area contributed by atoms with Gasteiger partial charge in [0.15, 0.2) is 0 Å². The van der Waals surface area contributed by atoms with E-state index in [-0.39, 0.29) is 19.5 Å². The van der Waals surface area contributed by atoms with E-state index >= 15 is 0 Å². The fourth-order valence-corrected chi connectivity index (χ4v) is 3.22. The van der Waals surface area contributed by atoms with E-state index in [1.807, 2.05) is 42.5 Å². The number of fused-ring (bicyclic) bond motifs is 8. The minimum absolute atomic E-state index is 0. The van der Waals surface area contributed by atoms with E-state index in [0.717, 1.165) is 44.8 Å². The third kappa shape index (κ3) is 5.30. The Morgan fingerprint density at radius 3 is 1.35 bits per heavy atom. The summed E-state index contributed by atoms with van der Waals surface area (Å²) in [7, 11) is 0. The fraction of sp³-hybridized carbons (Fsp3) is 0. The molecule has 0 atom stereocenters. The summed E-state index contributed by atoms with van der Waals surface area (Å²) in [4.78, 5) is 19.8. The summed E-state index contributed by atoms with van der Waals surface area (Å²) in [6.07, 6.45) is 11.4. The zero-order valence-electron chi connectivity index (χ0n) is 16.8. The Balaban J connectivity index is 0.000000288. The molecule has 6 heteroatoms. The maximum Gasteiger partial charge on any atom is 0.0659 e. The maximum atomic E-state index is 4.62. The molecule has 0 amide bonds. The van der Waals surface area contributed by atoms with Crippen LogP contribution in [0, 0.1) is 6.07 Å². The average molecular weight is 454 g/mol. The van der Waals surface area contributed by atoms with Crippen molar-refractivity contribution in [2.24, 2.45) is 0 Å². The quantitative estimate of drug-likeness (QED) is 0.234. The molecule has 2 aliphatic heterocycles. The molecule has 0 saturated heterocycles. The summed E-state index contributed by atoms with van der Waals surface area (Å²) >= 11 is 0. The van der Waals surface area contributed by atoms with Gasteiger partial charge in [-0.2, -0.15) is 18.2 Å². The van der Waals surface area contributed by atoms with Crippen LogP contribution in [-0.2, 0) is 19.5 Å². The maximum absolute atomic E-state index is 4.62. The number of aromatic amines is 2. The van der Waals surface area contributed by atoms with Gasteiger partial charge in [-0.1, -0.05) is 12.4 Å². The zero-order chi connectivity index (χ0) is 20.2. The second-order valence-corrected chi connectivity index (χ2v) is 6.85. The van der Waals surface area contributed by atoms with E-state index in [2.05, 4.69) is 61.3 Å². The summed E-state index contributed by atoms with van der Waals surface area (Å²) in [5.41, 5.74) is 7.86. The molecule has 6 rings (SSSR count). The Morgan fingerprint density at radius 2 is 0.968 bits per heavy atom. The molecule has 8 bridgehead atoms. The molecular formula is C25H18N5Zn-. The first-order valence-corrected chi connectivity index (χ1v) is 9.61. The fourth-order valence-electron chi connectivity index (χ4n) is 3.22. The van der Waals surface area contributed by atoms with Crippen LogP contribution in [0.3, 0.4) is 0 Å². The van der Waals surface area contributed by atoms with Gasteiger partial charge in [0.25, 0.3) is 0 Å². The molecule has 0 aromatic carbocycles. The van der Waals surface area contributed by atoms with Crippen molar-refractivity contribution in [3.05, 3.63) is 102 Å². The first-order chi connectivity index (χ1) is 14.8. The summed E-state index contributed by atoms with van der Waals surface area (Å²) in [5, 5.41) is 0. The second-order valence-electron chi connectivity index (χ2n) is 6.85. The summed E-state index contributed by atoms with van der Waals surface area (Å²) in [5.74, 6) is 0. The van der Waals surface area contributed by atoms with Crippen molar-refractivity contribution >= 4 is 46.4 Å². The van der Waals surface area contributed by atoms with Crippen molar-refractivity contribution in [2.45, 2.75) is 0 Å². The zero-order valence-corrected chi connectivity index (χ0v) is 19.8. The molecule has 6 heterocycles. The molecule has 0 aliphatic carbocycles. The Hall–Kier alpha value is -3.63. The summed E-state index contributed by atoms with van der Waals surface area (Å²) < 4.78 is 0. The van der Waals surface area contributed by atoms with Gasteiger partial charge in [-0.05, 0) is 72.8 Å². The van der Waals surface area contributed by atoms with Gasteiger partial charge in [0.2, 0.25) is 0 Å². The van der Waals surface area contributed by atoms with E-state index in [1.165, 1.54) is 0 Å². The molecule has 5 nitrogen and oxygen atoms in total. The molecule has 31 heavy (non-hydrogen) atoms. The van der Waals surface area contributed by atoms with Crippen LogP contribution in [0.2, 0.25) is 0 Å². The molecule has 0 unspecified atom stereocenters. The minimum atomic E-state index is 0. The van der Waals surface area contributed by atoms with Crippen LogP contribution >= 0.6 is 0 Å². The predicted octanol–water partition coefficient (Wildman–Crippen LogP) is 5.53. The van der Waals surface area contributed by atoms with Crippen LogP contribution in [0.4, 0.5) is 0 Å². The van der Waals surface area contributed by atoms with Gasteiger partial charge in [0.1, 0.15) is 0 Å². The number of aromatic nitrogens is 5. The van der Waals surface area contributed by atoms with E-state index in [4.69, 9.17) is 0 Å². The molecule has 146 valence electrons. The van der Waals surface area contributed by atoms with Gasteiger partial charge in [0.05, 0.1) is 22.8 Å². The van der Waals surface area contributed by atoms with Crippen LogP contribution in [-0.4, -0.2) is 24.9 Å². The number of nitrogens with zero attached hydrogens (tertiary/aromatic N) is 3. The Bertz CT molecular complexity index is 1280. The van der Waals surface area contributed by atoms with Gasteiger partial charge in [-0.15, -0.1) is 0 Å². The second kappa shape index (κ2) is 9.46. The topological polar surface area (TPSA) is 70.2 Å². The Labute approximate surface area is 192 Å². The molecule has 0 saturated carbocycles. The third-order valence-corrected chi connectivity index (χ3v) is 4.56. The first-order valence-electron chi connectivity index (χ1n) is 9.61. The van der Waals surface area contributed by atoms with E-state index in [0.29, 0.717) is 0 Å². The van der Waals surface area contributed by atoms with Gasteiger partial charge in [-0.25, -0.2) is 9.97 Å². The van der Waals surface area contributed by atoms with E-state index in [9.17, 15) is 0 Å². The summed E-state index contributed by atoms with van der Waals surface area (Å²) in [6.45, 7) is 0. The van der Waals surface area contributed by atoms with E-state index < -0.39 is 0 Å². The minimum Gasteiger partial charge on any atom is -0.391 e. The number of hydrogen-bond donors (Lipinski definition) is 2. The van der Waals surface area contributed by atoms with Crippen molar-refractivity contribution in [2.75, 3.05) is 0 Å². The van der Waals surface area contributed by atoms with Crippen molar-refractivity contribution in [1.82, 2.24) is 24.9 Å². The van der Waals surface area contributed by atoms with Crippen molar-refractivity contribution in [1.29, 1.82) is 0 Å². The first kappa shape index (κ1) is 20.6. The molecule has 2 N–H and O–H groups in total. The van der Waals surface area contributed by atoms with Crippen LogP contribution in [0.1, 0.15) is 22.8 Å². The van der Waals surface area contributed by atoms with E-state index in [1.54, 1.807) is 24.5 Å². The van der Waals surface area contributed by atoms with Gasteiger partial charge in [-0.3, -0.25) is 0 Å². The number of rotatable bonds is 0. The number of H-pyrrole nitrogens is 2. The standard InChI is InChI=1S/C20H14N4.C5H4N.Zn/c1-2-14-10-16-5-6-18(23-16)12-20-8-7-19(24-20)11-17-4-3-15(22-17)9-13(1)21-14;1-2-4-6-5-3-1;/h1-12,21-22H;2-5H;/q;-1;. The Kier molecular flexibility index (Phi) is 6.30. The van der Waals surface area contributed by atoms with Crippen LogP contribution in [0.25, 0.3) is 46.4 Å². The predicted molar refractivity (Wildman–Crippen MR) is 122 cm³/mol. The molecule has 0 spiro atoms. The van der Waals surface area contributed by atoms with Crippen molar-refractivity contribution < 1.29 is 19.5 Å². The van der Waals surface area contributed by atoms with Crippen molar-refractivity contribution in [3.8, 4) is 0 Å². The Morgan fingerprint density at radius 1 is 0.548 bits per heavy atom. The van der Waals surface area contributed by atoms with Gasteiger partial charge >= 0.3 is 0 Å². The van der Waals surface area contributed by atoms with Crippen LogP contribution in [0.5, 0.6) is 0 Å².